The zero-order valence-electron chi connectivity index (χ0n) is 16.6. The fourth-order valence-corrected chi connectivity index (χ4v) is 3.47. The molecule has 144 valence electrons. The highest BCUT2D eigenvalue weighted by Crippen LogP contribution is 2.21. The number of ether oxygens (including phenoxy) is 1. The molecule has 0 aliphatic carbocycles. The SMILES string of the molecule is C/C(=C\CN1CCC1C)c1ccc(OC[C@@H](C)Cc2ccc(Cl)cc2)cc1. The molecule has 0 radical (unpaired) electrons. The van der Waals surface area contributed by atoms with Crippen LogP contribution in [-0.2, 0) is 6.42 Å². The molecule has 0 amide bonds. The van der Waals surface area contributed by atoms with Crippen LogP contribution >= 0.6 is 11.6 Å². The van der Waals surface area contributed by atoms with Crippen LogP contribution in [0.2, 0.25) is 5.02 Å². The topological polar surface area (TPSA) is 12.5 Å². The third kappa shape index (κ3) is 5.85. The van der Waals surface area contributed by atoms with Gasteiger partial charge in [-0.15, -0.1) is 0 Å². The molecule has 1 saturated heterocycles. The molecule has 0 bridgehead atoms. The lowest BCUT2D eigenvalue weighted by atomic mass is 10.0. The smallest absolute Gasteiger partial charge is 0.119 e. The maximum atomic E-state index is 5.98. The second-order valence-corrected chi connectivity index (χ2v) is 8.23. The molecule has 27 heavy (non-hydrogen) atoms. The second-order valence-electron chi connectivity index (χ2n) is 7.79. The highest BCUT2D eigenvalue weighted by atomic mass is 35.5. The van der Waals surface area contributed by atoms with Gasteiger partial charge in [-0.05, 0) is 73.6 Å². The van der Waals surface area contributed by atoms with Crippen LogP contribution in [0, 0.1) is 5.92 Å². The Morgan fingerprint density at radius 1 is 1.19 bits per heavy atom. The van der Waals surface area contributed by atoms with Gasteiger partial charge < -0.3 is 4.74 Å². The largest absolute Gasteiger partial charge is 0.493 e. The molecule has 1 aliphatic heterocycles. The van der Waals surface area contributed by atoms with Crippen molar-refractivity contribution in [1.82, 2.24) is 4.90 Å². The molecule has 0 saturated carbocycles. The number of likely N-dealkylation sites (tertiary alicyclic amines) is 1. The van der Waals surface area contributed by atoms with Crippen molar-refractivity contribution in [3.05, 3.63) is 70.8 Å². The van der Waals surface area contributed by atoms with Crippen LogP contribution in [0.15, 0.2) is 54.6 Å². The van der Waals surface area contributed by atoms with Gasteiger partial charge in [-0.2, -0.15) is 0 Å². The van der Waals surface area contributed by atoms with E-state index in [-0.39, 0.29) is 0 Å². The van der Waals surface area contributed by atoms with Crippen LogP contribution in [-0.4, -0.2) is 30.6 Å². The fourth-order valence-electron chi connectivity index (χ4n) is 3.35. The minimum Gasteiger partial charge on any atom is -0.493 e. The molecule has 1 unspecified atom stereocenters. The Bertz CT molecular complexity index is 751. The molecular formula is C24H30ClNO. The summed E-state index contributed by atoms with van der Waals surface area (Å²) in [4.78, 5) is 2.50. The molecule has 0 spiro atoms. The van der Waals surface area contributed by atoms with Gasteiger partial charge in [0, 0.05) is 24.2 Å². The van der Waals surface area contributed by atoms with Crippen LogP contribution in [0.1, 0.15) is 38.3 Å². The van der Waals surface area contributed by atoms with Gasteiger partial charge in [-0.25, -0.2) is 0 Å². The first-order chi connectivity index (χ1) is 13.0. The van der Waals surface area contributed by atoms with Gasteiger partial charge in [0.2, 0.25) is 0 Å². The van der Waals surface area contributed by atoms with Gasteiger partial charge in [-0.3, -0.25) is 4.90 Å². The molecule has 1 heterocycles. The normalized spacial score (nSPS) is 18.8. The summed E-state index contributed by atoms with van der Waals surface area (Å²) in [6.45, 7) is 9.69. The maximum Gasteiger partial charge on any atom is 0.119 e. The summed E-state index contributed by atoms with van der Waals surface area (Å²) >= 11 is 5.95. The predicted molar refractivity (Wildman–Crippen MR) is 116 cm³/mol. The van der Waals surface area contributed by atoms with E-state index >= 15 is 0 Å². The molecule has 0 aromatic heterocycles. The Labute approximate surface area is 168 Å². The Hall–Kier alpha value is -1.77. The zero-order valence-corrected chi connectivity index (χ0v) is 17.4. The number of nitrogens with zero attached hydrogens (tertiary/aromatic N) is 1. The van der Waals surface area contributed by atoms with Crippen LogP contribution in [0.25, 0.3) is 5.57 Å². The van der Waals surface area contributed by atoms with E-state index in [1.54, 1.807) is 0 Å². The quantitative estimate of drug-likeness (QED) is 0.546. The average molecular weight is 384 g/mol. The minimum absolute atomic E-state index is 0.450. The van der Waals surface area contributed by atoms with Crippen LogP contribution in [0.5, 0.6) is 5.75 Å². The number of halogens is 1. The third-order valence-electron chi connectivity index (χ3n) is 5.43. The lowest BCUT2D eigenvalue weighted by molar-refractivity contribution is 0.122. The summed E-state index contributed by atoms with van der Waals surface area (Å²) in [7, 11) is 0. The van der Waals surface area contributed by atoms with E-state index in [0.29, 0.717) is 12.5 Å². The molecule has 2 nitrogen and oxygen atoms in total. The van der Waals surface area contributed by atoms with Crippen molar-refractivity contribution in [2.75, 3.05) is 19.7 Å². The van der Waals surface area contributed by atoms with Crippen molar-refractivity contribution < 1.29 is 4.74 Å². The molecule has 2 atom stereocenters. The molecule has 1 aliphatic rings. The lowest BCUT2D eigenvalue weighted by Crippen LogP contribution is -2.45. The molecule has 3 heteroatoms. The van der Waals surface area contributed by atoms with E-state index in [2.05, 4.69) is 68.1 Å². The second kappa shape index (κ2) is 9.43. The minimum atomic E-state index is 0.450. The first kappa shape index (κ1) is 20.0. The van der Waals surface area contributed by atoms with Gasteiger partial charge in [-0.1, -0.05) is 48.9 Å². The number of benzene rings is 2. The van der Waals surface area contributed by atoms with Gasteiger partial charge in [0.15, 0.2) is 0 Å². The summed E-state index contributed by atoms with van der Waals surface area (Å²) in [6.07, 6.45) is 4.65. The number of hydrogen-bond acceptors (Lipinski definition) is 2. The summed E-state index contributed by atoms with van der Waals surface area (Å²) in [5.74, 6) is 1.39. The van der Waals surface area contributed by atoms with Gasteiger partial charge in [0.1, 0.15) is 5.75 Å². The van der Waals surface area contributed by atoms with Crippen molar-refractivity contribution in [1.29, 1.82) is 0 Å². The molecule has 2 aromatic carbocycles. The van der Waals surface area contributed by atoms with Crippen LogP contribution in [0.4, 0.5) is 0 Å². The standard InChI is InChI=1S/C24H30ClNO/c1-18(16-21-4-8-23(25)9-5-21)17-27-24-10-6-22(7-11-24)19(2)12-14-26-15-13-20(26)3/h4-12,18,20H,13-17H2,1-3H3/b19-12+/t18-,20?/m0/s1. The van der Waals surface area contributed by atoms with Gasteiger partial charge in [0.05, 0.1) is 6.61 Å². The third-order valence-corrected chi connectivity index (χ3v) is 5.68. The number of hydrogen-bond donors (Lipinski definition) is 0. The highest BCUT2D eigenvalue weighted by Gasteiger charge is 2.21. The van der Waals surface area contributed by atoms with Crippen LogP contribution in [0.3, 0.4) is 0 Å². The number of allylic oxidation sites excluding steroid dienone is 1. The average Bonchev–Trinajstić information content (AvgIpc) is 2.67. The predicted octanol–water partition coefficient (Wildman–Crippen LogP) is 6.10. The zero-order chi connectivity index (χ0) is 19.2. The Balaban J connectivity index is 1.46. The van der Waals surface area contributed by atoms with Crippen LogP contribution < -0.4 is 4.74 Å². The molecule has 0 N–H and O–H groups in total. The van der Waals surface area contributed by atoms with Crippen molar-refractivity contribution in [3.8, 4) is 5.75 Å². The fraction of sp³-hybridized carbons (Fsp3) is 0.417. The van der Waals surface area contributed by atoms with E-state index in [9.17, 15) is 0 Å². The molecule has 2 aromatic rings. The summed E-state index contributed by atoms with van der Waals surface area (Å²) in [5, 5.41) is 0.784. The first-order valence-corrected chi connectivity index (χ1v) is 10.3. The molecule has 1 fully saturated rings. The van der Waals surface area contributed by atoms with Crippen molar-refractivity contribution >= 4 is 17.2 Å². The summed E-state index contributed by atoms with van der Waals surface area (Å²) in [6, 6.07) is 17.3. The van der Waals surface area contributed by atoms with E-state index in [4.69, 9.17) is 16.3 Å². The van der Waals surface area contributed by atoms with Gasteiger partial charge >= 0.3 is 0 Å². The first-order valence-electron chi connectivity index (χ1n) is 9.90. The van der Waals surface area contributed by atoms with E-state index < -0.39 is 0 Å². The Morgan fingerprint density at radius 3 is 2.48 bits per heavy atom. The van der Waals surface area contributed by atoms with Crippen molar-refractivity contribution in [2.45, 2.75) is 39.7 Å². The van der Waals surface area contributed by atoms with Crippen molar-refractivity contribution in [2.24, 2.45) is 5.92 Å². The maximum absolute atomic E-state index is 5.98. The molecular weight excluding hydrogens is 354 g/mol. The van der Waals surface area contributed by atoms with E-state index in [1.165, 1.54) is 29.7 Å². The van der Waals surface area contributed by atoms with Gasteiger partial charge in [0.25, 0.3) is 0 Å². The highest BCUT2D eigenvalue weighted by molar-refractivity contribution is 6.30. The monoisotopic (exact) mass is 383 g/mol. The number of rotatable bonds is 8. The molecule has 3 rings (SSSR count). The van der Waals surface area contributed by atoms with Crippen molar-refractivity contribution in [3.63, 3.8) is 0 Å². The van der Waals surface area contributed by atoms with E-state index in [0.717, 1.165) is 29.8 Å². The summed E-state index contributed by atoms with van der Waals surface area (Å²) < 4.78 is 5.98. The van der Waals surface area contributed by atoms with E-state index in [1.807, 2.05) is 12.1 Å². The summed E-state index contributed by atoms with van der Waals surface area (Å²) in [5.41, 5.74) is 3.89. The Morgan fingerprint density at radius 2 is 1.89 bits per heavy atom. The Kier molecular flexibility index (Phi) is 6.98. The lowest BCUT2D eigenvalue weighted by Gasteiger charge is -2.37.